The number of anilines is 1. The summed E-state index contributed by atoms with van der Waals surface area (Å²) in [4.78, 5) is 5.09. The molecule has 1 aromatic rings. The molecule has 0 unspecified atom stereocenters. The average Bonchev–Trinajstić information content (AvgIpc) is 2.45. The third kappa shape index (κ3) is 4.02. The van der Waals surface area contributed by atoms with Crippen molar-refractivity contribution < 1.29 is 0 Å². The summed E-state index contributed by atoms with van der Waals surface area (Å²) in [5, 5.41) is 0. The molecule has 0 saturated carbocycles. The van der Waals surface area contributed by atoms with Gasteiger partial charge in [-0.2, -0.15) is 0 Å². The average molecular weight is 245 g/mol. The monoisotopic (exact) mass is 245 g/mol. The fraction of sp³-hybridized carbons (Fsp3) is 0.625. The first-order chi connectivity index (χ1) is 8.90. The van der Waals surface area contributed by atoms with Crippen LogP contribution in [0.4, 0.5) is 5.69 Å². The van der Waals surface area contributed by atoms with E-state index in [1.54, 1.807) is 0 Å². The molecule has 2 nitrogen and oxygen atoms in total. The Labute approximate surface area is 112 Å². The SMILES string of the molecule is CCCCCCN1CCN(c2cc[c]cc2)CC1. The van der Waals surface area contributed by atoms with E-state index in [1.165, 1.54) is 51.0 Å². The first-order valence-corrected chi connectivity index (χ1v) is 7.33. The molecule has 1 aliphatic rings. The van der Waals surface area contributed by atoms with Crippen LogP contribution >= 0.6 is 0 Å². The quantitative estimate of drug-likeness (QED) is 0.710. The van der Waals surface area contributed by atoms with Crippen molar-refractivity contribution in [3.8, 4) is 0 Å². The van der Waals surface area contributed by atoms with Crippen molar-refractivity contribution in [1.29, 1.82) is 0 Å². The molecular weight excluding hydrogens is 220 g/mol. The lowest BCUT2D eigenvalue weighted by Crippen LogP contribution is -2.46. The second kappa shape index (κ2) is 7.42. The number of piperazine rings is 1. The van der Waals surface area contributed by atoms with E-state index in [4.69, 9.17) is 0 Å². The highest BCUT2D eigenvalue weighted by Gasteiger charge is 2.16. The van der Waals surface area contributed by atoms with Crippen LogP contribution in [-0.2, 0) is 0 Å². The molecule has 0 amide bonds. The first kappa shape index (κ1) is 13.4. The lowest BCUT2D eigenvalue weighted by Gasteiger charge is -2.36. The van der Waals surface area contributed by atoms with Crippen molar-refractivity contribution >= 4 is 5.69 Å². The predicted molar refractivity (Wildman–Crippen MR) is 78.1 cm³/mol. The van der Waals surface area contributed by atoms with Gasteiger partial charge in [-0.05, 0) is 31.2 Å². The van der Waals surface area contributed by atoms with Crippen molar-refractivity contribution in [2.24, 2.45) is 0 Å². The van der Waals surface area contributed by atoms with Gasteiger partial charge in [0, 0.05) is 31.9 Å². The molecule has 0 spiro atoms. The van der Waals surface area contributed by atoms with E-state index in [0.717, 1.165) is 13.1 Å². The number of unbranched alkanes of at least 4 members (excludes halogenated alkanes) is 3. The van der Waals surface area contributed by atoms with Gasteiger partial charge in [0.25, 0.3) is 0 Å². The molecule has 0 aliphatic carbocycles. The third-order valence-electron chi connectivity index (χ3n) is 3.77. The summed E-state index contributed by atoms with van der Waals surface area (Å²) in [5.41, 5.74) is 1.35. The van der Waals surface area contributed by atoms with E-state index in [1.807, 2.05) is 12.1 Å². The van der Waals surface area contributed by atoms with Crippen LogP contribution < -0.4 is 4.90 Å². The largest absolute Gasteiger partial charge is 0.369 e. The molecule has 1 radical (unpaired) electrons. The van der Waals surface area contributed by atoms with E-state index >= 15 is 0 Å². The maximum atomic E-state index is 3.08. The molecule has 0 N–H and O–H groups in total. The number of benzene rings is 1. The zero-order chi connectivity index (χ0) is 12.6. The van der Waals surface area contributed by atoms with Crippen LogP contribution in [0.25, 0.3) is 0 Å². The topological polar surface area (TPSA) is 6.48 Å². The van der Waals surface area contributed by atoms with Gasteiger partial charge in [0.15, 0.2) is 0 Å². The number of rotatable bonds is 6. The highest BCUT2D eigenvalue weighted by atomic mass is 15.3. The molecule has 0 bridgehead atoms. The molecule has 18 heavy (non-hydrogen) atoms. The molecule has 0 atom stereocenters. The van der Waals surface area contributed by atoms with Gasteiger partial charge in [-0.1, -0.05) is 38.3 Å². The summed E-state index contributed by atoms with van der Waals surface area (Å²) in [7, 11) is 0. The Morgan fingerprint density at radius 1 is 1.00 bits per heavy atom. The highest BCUT2D eigenvalue weighted by molar-refractivity contribution is 5.46. The maximum absolute atomic E-state index is 3.08. The van der Waals surface area contributed by atoms with Crippen LogP contribution in [0, 0.1) is 6.07 Å². The summed E-state index contributed by atoms with van der Waals surface area (Å²) in [6.45, 7) is 8.32. The predicted octanol–water partition coefficient (Wildman–Crippen LogP) is 3.19. The first-order valence-electron chi connectivity index (χ1n) is 7.33. The molecule has 1 fully saturated rings. The van der Waals surface area contributed by atoms with Crippen molar-refractivity contribution in [1.82, 2.24) is 4.90 Å². The van der Waals surface area contributed by atoms with Gasteiger partial charge in [0.1, 0.15) is 0 Å². The van der Waals surface area contributed by atoms with Crippen LogP contribution in [-0.4, -0.2) is 37.6 Å². The Kier molecular flexibility index (Phi) is 5.53. The lowest BCUT2D eigenvalue weighted by molar-refractivity contribution is 0.252. The van der Waals surface area contributed by atoms with Gasteiger partial charge in [0.05, 0.1) is 0 Å². The van der Waals surface area contributed by atoms with Gasteiger partial charge >= 0.3 is 0 Å². The minimum Gasteiger partial charge on any atom is -0.369 e. The Hall–Kier alpha value is -1.02. The van der Waals surface area contributed by atoms with Crippen LogP contribution in [0.15, 0.2) is 24.3 Å². The Morgan fingerprint density at radius 3 is 2.39 bits per heavy atom. The van der Waals surface area contributed by atoms with Crippen molar-refractivity contribution in [3.63, 3.8) is 0 Å². The van der Waals surface area contributed by atoms with Gasteiger partial charge in [-0.25, -0.2) is 0 Å². The molecule has 0 aromatic heterocycles. The van der Waals surface area contributed by atoms with Crippen LogP contribution in [0.3, 0.4) is 0 Å². The second-order valence-corrected chi connectivity index (χ2v) is 5.15. The zero-order valence-electron chi connectivity index (χ0n) is 11.6. The lowest BCUT2D eigenvalue weighted by atomic mass is 10.2. The summed E-state index contributed by atoms with van der Waals surface area (Å²) < 4.78 is 0. The van der Waals surface area contributed by atoms with E-state index in [-0.39, 0.29) is 0 Å². The number of hydrogen-bond acceptors (Lipinski definition) is 2. The van der Waals surface area contributed by atoms with E-state index in [2.05, 4.69) is 34.9 Å². The summed E-state index contributed by atoms with van der Waals surface area (Å²) in [6, 6.07) is 11.4. The van der Waals surface area contributed by atoms with Crippen LogP contribution in [0.1, 0.15) is 32.6 Å². The van der Waals surface area contributed by atoms with Crippen molar-refractivity contribution in [2.75, 3.05) is 37.6 Å². The van der Waals surface area contributed by atoms with Crippen molar-refractivity contribution in [3.05, 3.63) is 30.3 Å². The number of nitrogens with zero attached hydrogens (tertiary/aromatic N) is 2. The van der Waals surface area contributed by atoms with E-state index in [9.17, 15) is 0 Å². The molecule has 1 aliphatic heterocycles. The fourth-order valence-electron chi connectivity index (χ4n) is 2.58. The minimum atomic E-state index is 1.16. The van der Waals surface area contributed by atoms with E-state index < -0.39 is 0 Å². The minimum absolute atomic E-state index is 1.16. The summed E-state index contributed by atoms with van der Waals surface area (Å²) in [5.74, 6) is 0. The Bertz CT molecular complexity index is 315. The number of hydrogen-bond donors (Lipinski definition) is 0. The Balaban J connectivity index is 1.68. The molecule has 1 saturated heterocycles. The van der Waals surface area contributed by atoms with Gasteiger partial charge in [-0.15, -0.1) is 0 Å². The highest BCUT2D eigenvalue weighted by Crippen LogP contribution is 2.15. The van der Waals surface area contributed by atoms with Gasteiger partial charge in [0.2, 0.25) is 0 Å². The summed E-state index contributed by atoms with van der Waals surface area (Å²) in [6.07, 6.45) is 5.48. The zero-order valence-corrected chi connectivity index (χ0v) is 11.6. The second-order valence-electron chi connectivity index (χ2n) is 5.15. The molecule has 99 valence electrons. The molecule has 1 aromatic carbocycles. The smallest absolute Gasteiger partial charge is 0.0367 e. The maximum Gasteiger partial charge on any atom is 0.0367 e. The van der Waals surface area contributed by atoms with Gasteiger partial charge in [-0.3, -0.25) is 4.90 Å². The summed E-state index contributed by atoms with van der Waals surface area (Å²) >= 11 is 0. The molecule has 2 rings (SSSR count). The molecular formula is C16H25N2. The fourth-order valence-corrected chi connectivity index (χ4v) is 2.58. The molecule has 1 heterocycles. The van der Waals surface area contributed by atoms with Crippen molar-refractivity contribution in [2.45, 2.75) is 32.6 Å². The van der Waals surface area contributed by atoms with Crippen LogP contribution in [0.2, 0.25) is 0 Å². The molecule has 2 heteroatoms. The van der Waals surface area contributed by atoms with E-state index in [0.29, 0.717) is 0 Å². The standard InChI is InChI=1S/C16H25N2/c1-2-3-4-8-11-17-12-14-18(15-13-17)16-9-6-5-7-10-16/h6-7,9-10H,2-4,8,11-15H2,1H3. The van der Waals surface area contributed by atoms with Crippen LogP contribution in [0.5, 0.6) is 0 Å². The third-order valence-corrected chi connectivity index (χ3v) is 3.77. The normalized spacial score (nSPS) is 17.1. The Morgan fingerprint density at radius 2 is 1.72 bits per heavy atom. The van der Waals surface area contributed by atoms with Gasteiger partial charge < -0.3 is 4.90 Å².